The van der Waals surface area contributed by atoms with Crippen molar-refractivity contribution in [3.05, 3.63) is 58.6 Å². The maximum Gasteiger partial charge on any atom is 0.344 e. The van der Waals surface area contributed by atoms with Crippen LogP contribution >= 0.6 is 11.6 Å². The van der Waals surface area contributed by atoms with Gasteiger partial charge in [-0.15, -0.1) is 0 Å². The van der Waals surface area contributed by atoms with Crippen LogP contribution in [-0.2, 0) is 20.9 Å². The van der Waals surface area contributed by atoms with E-state index in [0.717, 1.165) is 11.1 Å². The van der Waals surface area contributed by atoms with Crippen LogP contribution in [0.15, 0.2) is 42.5 Å². The van der Waals surface area contributed by atoms with Crippen LogP contribution in [0.1, 0.15) is 11.1 Å². The fourth-order valence-corrected chi connectivity index (χ4v) is 2.61. The molecule has 0 radical (unpaired) electrons. The Bertz CT molecular complexity index is 809. The first kappa shape index (κ1) is 20.6. The van der Waals surface area contributed by atoms with Crippen molar-refractivity contribution in [3.63, 3.8) is 0 Å². The third-order valence-electron chi connectivity index (χ3n) is 3.86. The molecule has 27 heavy (non-hydrogen) atoms. The molecule has 2 rings (SSSR count). The lowest BCUT2D eigenvalue weighted by Gasteiger charge is -2.18. The lowest BCUT2D eigenvalue weighted by molar-refractivity contribution is -0.153. The Hall–Kier alpha value is -2.73. The summed E-state index contributed by atoms with van der Waals surface area (Å²) in [7, 11) is 3.21. The van der Waals surface area contributed by atoms with Gasteiger partial charge in [0.25, 0.3) is 5.91 Å². The average Bonchev–Trinajstić information content (AvgIpc) is 2.65. The van der Waals surface area contributed by atoms with Crippen LogP contribution in [0.3, 0.4) is 0 Å². The fourth-order valence-electron chi connectivity index (χ4n) is 2.38. The zero-order chi connectivity index (χ0) is 19.8. The van der Waals surface area contributed by atoms with Gasteiger partial charge in [-0.05, 0) is 36.8 Å². The molecule has 0 aliphatic carbocycles. The van der Waals surface area contributed by atoms with Crippen molar-refractivity contribution in [3.8, 4) is 11.5 Å². The number of nitrogens with zero attached hydrogens (tertiary/aromatic N) is 1. The van der Waals surface area contributed by atoms with Crippen molar-refractivity contribution in [2.24, 2.45) is 0 Å². The minimum Gasteiger partial charge on any atom is -0.496 e. The molecule has 0 aromatic heterocycles. The number of benzene rings is 2. The first-order chi connectivity index (χ1) is 12.9. The Morgan fingerprint density at radius 2 is 1.81 bits per heavy atom. The molecular weight excluding hydrogens is 370 g/mol. The number of aryl methyl sites for hydroxylation is 1. The smallest absolute Gasteiger partial charge is 0.344 e. The van der Waals surface area contributed by atoms with Crippen LogP contribution in [-0.4, -0.2) is 44.1 Å². The highest BCUT2D eigenvalue weighted by Gasteiger charge is 2.15. The highest BCUT2D eigenvalue weighted by molar-refractivity contribution is 6.30. The Kier molecular flexibility index (Phi) is 7.49. The van der Waals surface area contributed by atoms with E-state index in [1.165, 1.54) is 4.90 Å². The number of rotatable bonds is 8. The number of carbonyl (C=O) groups excluding carboxylic acids is 2. The summed E-state index contributed by atoms with van der Waals surface area (Å²) in [6.45, 7) is 1.53. The van der Waals surface area contributed by atoms with Crippen molar-refractivity contribution in [1.82, 2.24) is 4.90 Å². The van der Waals surface area contributed by atoms with Gasteiger partial charge in [-0.1, -0.05) is 29.8 Å². The third kappa shape index (κ3) is 6.18. The molecule has 2 aromatic rings. The quantitative estimate of drug-likeness (QED) is 0.646. The molecule has 0 atom stereocenters. The van der Waals surface area contributed by atoms with E-state index in [2.05, 4.69) is 0 Å². The summed E-state index contributed by atoms with van der Waals surface area (Å²) in [5, 5.41) is 0.589. The molecule has 0 heterocycles. The Balaban J connectivity index is 1.79. The summed E-state index contributed by atoms with van der Waals surface area (Å²) < 4.78 is 15.7. The standard InChI is InChI=1S/C20H22ClNO5/c1-14-10-16(21)8-9-17(14)26-13-20(24)27-12-19(23)22(2)11-15-6-4-5-7-18(15)25-3/h4-10H,11-13H2,1-3H3. The first-order valence-corrected chi connectivity index (χ1v) is 8.69. The summed E-state index contributed by atoms with van der Waals surface area (Å²) >= 11 is 5.87. The van der Waals surface area contributed by atoms with Crippen LogP contribution in [0.2, 0.25) is 5.02 Å². The van der Waals surface area contributed by atoms with E-state index < -0.39 is 5.97 Å². The average molecular weight is 392 g/mol. The minimum atomic E-state index is -0.622. The molecule has 0 N–H and O–H groups in total. The summed E-state index contributed by atoms with van der Waals surface area (Å²) in [4.78, 5) is 25.5. The molecule has 1 amide bonds. The lowest BCUT2D eigenvalue weighted by atomic mass is 10.2. The Morgan fingerprint density at radius 3 is 2.52 bits per heavy atom. The molecule has 6 nitrogen and oxygen atoms in total. The molecule has 2 aromatic carbocycles. The summed E-state index contributed by atoms with van der Waals surface area (Å²) in [5.41, 5.74) is 1.67. The van der Waals surface area contributed by atoms with Gasteiger partial charge in [0.05, 0.1) is 7.11 Å². The van der Waals surface area contributed by atoms with Crippen LogP contribution in [0.4, 0.5) is 0 Å². The zero-order valence-corrected chi connectivity index (χ0v) is 16.3. The van der Waals surface area contributed by atoms with E-state index in [1.54, 1.807) is 32.4 Å². The second kappa shape index (κ2) is 9.83. The van der Waals surface area contributed by atoms with E-state index in [4.69, 9.17) is 25.8 Å². The van der Waals surface area contributed by atoms with Gasteiger partial charge in [-0.25, -0.2) is 4.79 Å². The predicted molar refractivity (Wildman–Crippen MR) is 102 cm³/mol. The van der Waals surface area contributed by atoms with Gasteiger partial charge in [0.15, 0.2) is 13.2 Å². The molecule has 0 saturated carbocycles. The molecule has 0 aliphatic heterocycles. The van der Waals surface area contributed by atoms with Crippen LogP contribution in [0.25, 0.3) is 0 Å². The SMILES string of the molecule is COc1ccccc1CN(C)C(=O)COC(=O)COc1ccc(Cl)cc1C. The Labute approximate surface area is 163 Å². The van der Waals surface area contributed by atoms with Crippen LogP contribution < -0.4 is 9.47 Å². The first-order valence-electron chi connectivity index (χ1n) is 8.31. The maximum atomic E-state index is 12.2. The molecule has 7 heteroatoms. The number of para-hydroxylation sites is 1. The van der Waals surface area contributed by atoms with Gasteiger partial charge < -0.3 is 19.1 Å². The number of amides is 1. The number of esters is 1. The molecule has 144 valence electrons. The van der Waals surface area contributed by atoms with Crippen molar-refractivity contribution >= 4 is 23.5 Å². The van der Waals surface area contributed by atoms with Gasteiger partial charge in [-0.3, -0.25) is 4.79 Å². The number of ether oxygens (including phenoxy) is 3. The number of hydrogen-bond acceptors (Lipinski definition) is 5. The monoisotopic (exact) mass is 391 g/mol. The van der Waals surface area contributed by atoms with Crippen molar-refractivity contribution in [1.29, 1.82) is 0 Å². The zero-order valence-electron chi connectivity index (χ0n) is 15.5. The van der Waals surface area contributed by atoms with E-state index in [0.29, 0.717) is 23.1 Å². The normalized spacial score (nSPS) is 10.2. The third-order valence-corrected chi connectivity index (χ3v) is 4.10. The second-order valence-corrected chi connectivity index (χ2v) is 6.36. The van der Waals surface area contributed by atoms with Crippen molar-refractivity contribution in [2.75, 3.05) is 27.4 Å². The van der Waals surface area contributed by atoms with E-state index in [9.17, 15) is 9.59 Å². The summed E-state index contributed by atoms with van der Waals surface area (Å²) in [6.07, 6.45) is 0. The van der Waals surface area contributed by atoms with Gasteiger partial charge in [0.2, 0.25) is 0 Å². The lowest BCUT2D eigenvalue weighted by Crippen LogP contribution is -2.31. The van der Waals surface area contributed by atoms with Gasteiger partial charge >= 0.3 is 5.97 Å². The maximum absolute atomic E-state index is 12.2. The summed E-state index contributed by atoms with van der Waals surface area (Å²) in [5.74, 6) is 0.289. The van der Waals surface area contributed by atoms with Gasteiger partial charge in [0.1, 0.15) is 11.5 Å². The molecule has 0 unspecified atom stereocenters. The number of carbonyl (C=O) groups is 2. The van der Waals surface area contributed by atoms with E-state index in [1.807, 2.05) is 31.2 Å². The number of halogens is 1. The molecule has 0 aliphatic rings. The molecule has 0 bridgehead atoms. The minimum absolute atomic E-state index is 0.286. The highest BCUT2D eigenvalue weighted by Crippen LogP contribution is 2.22. The van der Waals surface area contributed by atoms with E-state index >= 15 is 0 Å². The molecule has 0 spiro atoms. The predicted octanol–water partition coefficient (Wildman–Crippen LogP) is 3.24. The van der Waals surface area contributed by atoms with Gasteiger partial charge in [0, 0.05) is 24.2 Å². The summed E-state index contributed by atoms with van der Waals surface area (Å²) in [6, 6.07) is 12.5. The largest absolute Gasteiger partial charge is 0.496 e. The molecular formula is C20H22ClNO5. The Morgan fingerprint density at radius 1 is 1.07 bits per heavy atom. The molecule has 0 fully saturated rings. The van der Waals surface area contributed by atoms with Crippen LogP contribution in [0.5, 0.6) is 11.5 Å². The van der Waals surface area contributed by atoms with Crippen LogP contribution in [0, 0.1) is 6.92 Å². The molecule has 0 saturated heterocycles. The van der Waals surface area contributed by atoms with E-state index in [-0.39, 0.29) is 19.1 Å². The van der Waals surface area contributed by atoms with Gasteiger partial charge in [-0.2, -0.15) is 0 Å². The fraction of sp³-hybridized carbons (Fsp3) is 0.300. The number of hydrogen-bond donors (Lipinski definition) is 0. The highest BCUT2D eigenvalue weighted by atomic mass is 35.5. The van der Waals surface area contributed by atoms with Crippen molar-refractivity contribution < 1.29 is 23.8 Å². The second-order valence-electron chi connectivity index (χ2n) is 5.92. The topological polar surface area (TPSA) is 65.1 Å². The van der Waals surface area contributed by atoms with Crippen molar-refractivity contribution in [2.45, 2.75) is 13.5 Å². The number of likely N-dealkylation sites (N-methyl/N-ethyl adjacent to an activating group) is 1. The number of methoxy groups -OCH3 is 1.